The number of phosphoric acid groups is 2. The predicted octanol–water partition coefficient (Wildman–Crippen LogP) is 25.7. The minimum Gasteiger partial charge on any atom is -0.462 e. The Hall–Kier alpha value is -1.94. The SMILES string of the molecule is CCCCCCCCCCCCCCCCCCCCCC(=O)O[C@H](COC(=O)CCCCCCCCCCCCCCCCCC(C)C)COP(=O)(O)OC[C@@H](O)COP(=O)(O)OC[C@@H](COC(=O)CCCCCCCCC(C)C)OC(=O)CCCCCCCCCCCCCCCCC(C)CC. The summed E-state index contributed by atoms with van der Waals surface area (Å²) in [5, 5.41) is 10.7. The van der Waals surface area contributed by atoms with E-state index in [0.29, 0.717) is 31.6 Å². The van der Waals surface area contributed by atoms with Crippen LogP contribution >= 0.6 is 15.6 Å². The molecule has 0 amide bonds. The molecule has 0 aromatic heterocycles. The molecule has 3 unspecified atom stereocenters. The van der Waals surface area contributed by atoms with Gasteiger partial charge in [-0.2, -0.15) is 0 Å². The summed E-state index contributed by atoms with van der Waals surface area (Å²) in [6.45, 7) is 12.0. The predicted molar refractivity (Wildman–Crippen MR) is 428 cm³/mol. The van der Waals surface area contributed by atoms with Gasteiger partial charge in [-0.25, -0.2) is 9.13 Å². The van der Waals surface area contributed by atoms with Crippen LogP contribution in [0.25, 0.3) is 0 Å². The molecule has 0 saturated heterocycles. The second-order valence-corrected chi connectivity index (χ2v) is 34.7. The van der Waals surface area contributed by atoms with Gasteiger partial charge in [-0.15, -0.1) is 0 Å². The van der Waals surface area contributed by atoms with E-state index in [0.717, 1.165) is 108 Å². The Morgan fingerprint density at radius 3 is 0.731 bits per heavy atom. The van der Waals surface area contributed by atoms with Crippen molar-refractivity contribution in [2.24, 2.45) is 17.8 Å². The Labute approximate surface area is 638 Å². The zero-order valence-corrected chi connectivity index (χ0v) is 70.3. The van der Waals surface area contributed by atoms with Crippen molar-refractivity contribution in [2.75, 3.05) is 39.6 Å². The maximum absolute atomic E-state index is 13.1. The number of hydrogen-bond acceptors (Lipinski definition) is 15. The fourth-order valence-corrected chi connectivity index (χ4v) is 14.7. The molecule has 0 bridgehead atoms. The van der Waals surface area contributed by atoms with E-state index in [1.54, 1.807) is 0 Å². The van der Waals surface area contributed by atoms with Crippen LogP contribution in [-0.4, -0.2) is 96.7 Å². The highest BCUT2D eigenvalue weighted by Gasteiger charge is 2.30. The quantitative estimate of drug-likeness (QED) is 0.0222. The van der Waals surface area contributed by atoms with Gasteiger partial charge in [-0.05, 0) is 43.4 Å². The second-order valence-electron chi connectivity index (χ2n) is 31.8. The van der Waals surface area contributed by atoms with E-state index in [-0.39, 0.29) is 25.7 Å². The van der Waals surface area contributed by atoms with Crippen molar-refractivity contribution in [3.05, 3.63) is 0 Å². The Morgan fingerprint density at radius 2 is 0.490 bits per heavy atom. The van der Waals surface area contributed by atoms with Crippen LogP contribution < -0.4 is 0 Å². The molecule has 104 heavy (non-hydrogen) atoms. The first-order valence-corrected chi connectivity index (χ1v) is 46.9. The first-order chi connectivity index (χ1) is 50.3. The third-order valence-electron chi connectivity index (χ3n) is 20.2. The normalized spacial score (nSPS) is 14.2. The number of unbranched alkanes of at least 4 members (excludes halogenated alkanes) is 50. The van der Waals surface area contributed by atoms with E-state index in [1.165, 1.54) is 250 Å². The van der Waals surface area contributed by atoms with Crippen LogP contribution in [-0.2, 0) is 65.4 Å². The molecule has 6 atom stereocenters. The van der Waals surface area contributed by atoms with E-state index < -0.39 is 97.5 Å². The van der Waals surface area contributed by atoms with Crippen molar-refractivity contribution in [1.82, 2.24) is 0 Å². The molecule has 0 aromatic rings. The molecule has 3 N–H and O–H groups in total. The lowest BCUT2D eigenvalue weighted by atomic mass is 9.99. The van der Waals surface area contributed by atoms with Crippen molar-refractivity contribution < 1.29 is 80.2 Å². The molecule has 618 valence electrons. The van der Waals surface area contributed by atoms with Crippen LogP contribution in [0.1, 0.15) is 447 Å². The minimum absolute atomic E-state index is 0.107. The monoisotopic (exact) mass is 1520 g/mol. The third-order valence-corrected chi connectivity index (χ3v) is 22.1. The molecule has 0 fully saturated rings. The van der Waals surface area contributed by atoms with Gasteiger partial charge in [0.15, 0.2) is 12.2 Å². The number of carbonyl (C=O) groups excluding carboxylic acids is 4. The fraction of sp³-hybridized carbons (Fsp3) is 0.953. The summed E-state index contributed by atoms with van der Waals surface area (Å²) in [6, 6.07) is 0. The van der Waals surface area contributed by atoms with E-state index in [9.17, 15) is 43.2 Å². The van der Waals surface area contributed by atoms with Gasteiger partial charge in [0.2, 0.25) is 0 Å². The summed E-state index contributed by atoms with van der Waals surface area (Å²) >= 11 is 0. The van der Waals surface area contributed by atoms with Gasteiger partial charge in [0.25, 0.3) is 0 Å². The smallest absolute Gasteiger partial charge is 0.462 e. The lowest BCUT2D eigenvalue weighted by molar-refractivity contribution is -0.161. The first-order valence-electron chi connectivity index (χ1n) is 43.9. The van der Waals surface area contributed by atoms with Gasteiger partial charge in [-0.1, -0.05) is 395 Å². The molecule has 0 radical (unpaired) electrons. The number of phosphoric ester groups is 2. The molecule has 0 heterocycles. The van der Waals surface area contributed by atoms with E-state index >= 15 is 0 Å². The number of ether oxygens (including phenoxy) is 4. The number of rotatable bonds is 83. The van der Waals surface area contributed by atoms with Crippen LogP contribution in [0.2, 0.25) is 0 Å². The Kier molecular flexibility index (Phi) is 73.7. The maximum Gasteiger partial charge on any atom is 0.472 e. The first kappa shape index (κ1) is 102. The van der Waals surface area contributed by atoms with E-state index in [1.807, 2.05) is 0 Å². The fourth-order valence-electron chi connectivity index (χ4n) is 13.2. The molecular formula is C85H166O17P2. The van der Waals surface area contributed by atoms with Gasteiger partial charge in [-0.3, -0.25) is 37.3 Å². The summed E-state index contributed by atoms with van der Waals surface area (Å²) < 4.78 is 68.8. The highest BCUT2D eigenvalue weighted by atomic mass is 31.2. The van der Waals surface area contributed by atoms with E-state index in [2.05, 4.69) is 48.5 Å². The summed E-state index contributed by atoms with van der Waals surface area (Å²) in [5.41, 5.74) is 0. The summed E-state index contributed by atoms with van der Waals surface area (Å²) in [7, 11) is -9.93. The van der Waals surface area contributed by atoms with Crippen LogP contribution in [0.4, 0.5) is 0 Å². The van der Waals surface area contributed by atoms with Crippen molar-refractivity contribution in [2.45, 2.75) is 465 Å². The molecule has 0 spiro atoms. The number of aliphatic hydroxyl groups is 1. The van der Waals surface area contributed by atoms with Gasteiger partial charge in [0.1, 0.15) is 19.3 Å². The zero-order valence-electron chi connectivity index (χ0n) is 68.5. The average Bonchev–Trinajstić information content (AvgIpc) is 0.955. The van der Waals surface area contributed by atoms with Gasteiger partial charge < -0.3 is 33.8 Å². The number of aliphatic hydroxyl groups excluding tert-OH is 1. The van der Waals surface area contributed by atoms with Crippen molar-refractivity contribution in [3.63, 3.8) is 0 Å². The van der Waals surface area contributed by atoms with Crippen LogP contribution in [0, 0.1) is 17.8 Å². The Morgan fingerprint density at radius 1 is 0.279 bits per heavy atom. The molecule has 0 aromatic carbocycles. The zero-order chi connectivity index (χ0) is 76.5. The highest BCUT2D eigenvalue weighted by molar-refractivity contribution is 7.47. The largest absolute Gasteiger partial charge is 0.472 e. The van der Waals surface area contributed by atoms with Crippen molar-refractivity contribution in [1.29, 1.82) is 0 Å². The van der Waals surface area contributed by atoms with Crippen LogP contribution in [0.15, 0.2) is 0 Å². The molecule has 0 aliphatic carbocycles. The Balaban J connectivity index is 5.22. The van der Waals surface area contributed by atoms with E-state index in [4.69, 9.17) is 37.0 Å². The number of esters is 4. The van der Waals surface area contributed by atoms with Crippen LogP contribution in [0.3, 0.4) is 0 Å². The van der Waals surface area contributed by atoms with Gasteiger partial charge in [0.05, 0.1) is 26.4 Å². The van der Waals surface area contributed by atoms with Crippen molar-refractivity contribution >= 4 is 39.5 Å². The van der Waals surface area contributed by atoms with Gasteiger partial charge in [0, 0.05) is 25.7 Å². The second kappa shape index (κ2) is 75.1. The number of carbonyl (C=O) groups is 4. The summed E-state index contributed by atoms with van der Waals surface area (Å²) in [5.74, 6) is 0.224. The molecule has 0 aliphatic heterocycles. The maximum atomic E-state index is 13.1. The molecule has 0 rings (SSSR count). The lowest BCUT2D eigenvalue weighted by Gasteiger charge is -2.21. The van der Waals surface area contributed by atoms with Crippen LogP contribution in [0.5, 0.6) is 0 Å². The molecular weight excluding hydrogens is 1350 g/mol. The lowest BCUT2D eigenvalue weighted by Crippen LogP contribution is -2.30. The summed E-state index contributed by atoms with van der Waals surface area (Å²) in [6.07, 6.45) is 65.4. The molecule has 19 heteroatoms. The average molecular weight is 1520 g/mol. The molecule has 0 saturated carbocycles. The molecule has 17 nitrogen and oxygen atoms in total. The van der Waals surface area contributed by atoms with Crippen molar-refractivity contribution in [3.8, 4) is 0 Å². The summed E-state index contributed by atoms with van der Waals surface area (Å²) in [4.78, 5) is 73.1. The number of hydrogen-bond donors (Lipinski definition) is 3. The molecule has 0 aliphatic rings. The topological polar surface area (TPSA) is 237 Å². The third kappa shape index (κ3) is 76.8. The Bertz CT molecular complexity index is 2010. The van der Waals surface area contributed by atoms with Gasteiger partial charge >= 0.3 is 39.5 Å². The standard InChI is InChI=1S/C85H166O17P2/c1-8-10-11-12-13-14-15-16-17-18-19-20-23-30-35-40-45-54-61-68-84(89)101-80(72-95-82(87)66-59-52-44-39-34-29-24-21-22-27-32-37-42-49-56-63-76(3)4)74-99-103(91,92)97-70-79(86)71-98-104(93,94)100-75-81(73-96-83(88)67-60-53-48-47-50-57-64-77(5)6)102-85(90)69-62-55-46-41-36-31-26-25-28-33-38-43-51-58-65-78(7)9-2/h76-81,86H,8-75H2,1-7H3,(H,91,92)(H,93,94)/t78?,79-,80-,81-/m1/s1. The highest BCUT2D eigenvalue weighted by Crippen LogP contribution is 2.45. The minimum atomic E-state index is -4.97.